The van der Waals surface area contributed by atoms with Gasteiger partial charge in [-0.3, -0.25) is 0 Å². The lowest BCUT2D eigenvalue weighted by molar-refractivity contribution is 0.460. The monoisotopic (exact) mass is 693 g/mol. The zero-order valence-electron chi connectivity index (χ0n) is 25.4. The quantitative estimate of drug-likeness (QED) is 0.138. The summed E-state index contributed by atoms with van der Waals surface area (Å²) < 4.78 is 43.4. The summed E-state index contributed by atoms with van der Waals surface area (Å²) in [5, 5.41) is 22.0. The fraction of sp³-hybridized carbons (Fsp3) is 0. The van der Waals surface area contributed by atoms with Gasteiger partial charge >= 0.3 is 15.3 Å². The summed E-state index contributed by atoms with van der Waals surface area (Å²) in [6.07, 6.45) is 0. The van der Waals surface area contributed by atoms with E-state index in [1.807, 2.05) is 121 Å². The van der Waals surface area contributed by atoms with Crippen molar-refractivity contribution >= 4 is 33.1 Å². The summed E-state index contributed by atoms with van der Waals surface area (Å²) in [7, 11) is -11.0. The van der Waals surface area contributed by atoms with Gasteiger partial charge in [0.05, 0.1) is 0 Å². The molecule has 0 amide bonds. The van der Waals surface area contributed by atoms with E-state index in [9.17, 15) is 10.2 Å². The van der Waals surface area contributed by atoms with Gasteiger partial charge in [-0.2, -0.15) is 9.03 Å². The molecule has 2 N–H and O–H groups in total. The molecule has 0 atom stereocenters. The Morgan fingerprint density at radius 3 is 0.938 bits per heavy atom. The molecule has 0 saturated carbocycles. The summed E-state index contributed by atoms with van der Waals surface area (Å²) in [5.41, 5.74) is 0. The molecule has 0 aromatic heterocycles. The van der Waals surface area contributed by atoms with Crippen molar-refractivity contribution in [3.05, 3.63) is 170 Å². The third-order valence-corrected chi connectivity index (χ3v) is 16.5. The lowest BCUT2D eigenvalue weighted by atomic mass is 10.3. The predicted octanol–water partition coefficient (Wildman–Crippen LogP) is 10.4. The molecule has 240 valence electrons. The molecule has 1 aliphatic heterocycles. The van der Waals surface area contributed by atoms with Crippen LogP contribution in [0.2, 0.25) is 0 Å². The minimum absolute atomic E-state index is 0.0774. The Bertz CT molecular complexity index is 1940. The van der Waals surface area contributed by atoms with E-state index in [-0.39, 0.29) is 11.5 Å². The largest absolute Gasteiger partial charge is 0.508 e. The van der Waals surface area contributed by atoms with Gasteiger partial charge in [0.2, 0.25) is 0 Å². The Kier molecular flexibility index (Phi) is 8.84. The number of phenolic OH excluding ortho intramolecular Hbond substituents is 2. The van der Waals surface area contributed by atoms with Crippen LogP contribution in [0.1, 0.15) is 0 Å². The van der Waals surface area contributed by atoms with Crippen molar-refractivity contribution in [2.45, 2.75) is 0 Å². The second-order valence-electron chi connectivity index (χ2n) is 10.5. The Hall–Kier alpha value is -5.19. The minimum Gasteiger partial charge on any atom is -0.508 e. The SMILES string of the molecule is Oc1ccc(P2(c3ccc(O)cc3)=NP(Oc3ccccc3)(Oc3ccccc3)=NP(Oc3ccccc3)(Oc3ccccc3)=N2)cc1. The van der Waals surface area contributed by atoms with Crippen molar-refractivity contribution in [3.63, 3.8) is 0 Å². The number of nitrogens with zero attached hydrogens (tertiary/aromatic N) is 3. The van der Waals surface area contributed by atoms with Crippen LogP contribution in [0.5, 0.6) is 34.5 Å². The number of phenols is 2. The first-order chi connectivity index (χ1) is 23.4. The van der Waals surface area contributed by atoms with Gasteiger partial charge < -0.3 is 28.3 Å². The lowest BCUT2D eigenvalue weighted by Gasteiger charge is -2.34. The van der Waals surface area contributed by atoms with Gasteiger partial charge in [-0.05, 0) is 97.1 Å². The van der Waals surface area contributed by atoms with Gasteiger partial charge in [-0.25, -0.2) is 0 Å². The first-order valence-corrected chi connectivity index (χ1v) is 19.7. The summed E-state index contributed by atoms with van der Waals surface area (Å²) in [6.45, 7) is 0. The molecule has 6 aromatic rings. The summed E-state index contributed by atoms with van der Waals surface area (Å²) in [5.74, 6) is 2.06. The van der Waals surface area contributed by atoms with Gasteiger partial charge in [-0.1, -0.05) is 77.3 Å². The molecule has 0 aliphatic carbocycles. The fourth-order valence-corrected chi connectivity index (χ4v) is 15.9. The van der Waals surface area contributed by atoms with Crippen LogP contribution in [0.3, 0.4) is 0 Å². The Labute approximate surface area is 278 Å². The van der Waals surface area contributed by atoms with Crippen LogP contribution in [0, 0.1) is 0 Å². The molecule has 0 fully saturated rings. The summed E-state index contributed by atoms with van der Waals surface area (Å²) in [6, 6.07) is 50.3. The van der Waals surface area contributed by atoms with E-state index in [0.29, 0.717) is 33.6 Å². The van der Waals surface area contributed by atoms with Crippen molar-refractivity contribution in [3.8, 4) is 34.5 Å². The molecule has 0 radical (unpaired) electrons. The highest BCUT2D eigenvalue weighted by atomic mass is 31.3. The van der Waals surface area contributed by atoms with Crippen LogP contribution in [0.15, 0.2) is 183 Å². The number of para-hydroxylation sites is 4. The number of aromatic hydroxyl groups is 2. The van der Waals surface area contributed by atoms with Crippen molar-refractivity contribution in [2.75, 3.05) is 0 Å². The van der Waals surface area contributed by atoms with Crippen LogP contribution < -0.4 is 28.7 Å². The highest BCUT2D eigenvalue weighted by Gasteiger charge is 2.46. The first kappa shape index (κ1) is 31.4. The van der Waals surface area contributed by atoms with Crippen molar-refractivity contribution < 1.29 is 28.3 Å². The Balaban J connectivity index is 1.63. The fourth-order valence-electron chi connectivity index (χ4n) is 4.86. The number of hydrogen-bond acceptors (Lipinski definition) is 9. The second kappa shape index (κ2) is 13.5. The number of hydrogen-bond donors (Lipinski definition) is 2. The lowest BCUT2D eigenvalue weighted by Crippen LogP contribution is -2.18. The van der Waals surface area contributed by atoms with Crippen LogP contribution in [0.25, 0.3) is 0 Å². The first-order valence-electron chi connectivity index (χ1n) is 14.9. The van der Waals surface area contributed by atoms with E-state index in [4.69, 9.17) is 31.6 Å². The maximum Gasteiger partial charge on any atom is 0.455 e. The topological polar surface area (TPSA) is 114 Å². The molecule has 0 bridgehead atoms. The van der Waals surface area contributed by atoms with Crippen molar-refractivity contribution in [2.24, 2.45) is 13.5 Å². The highest BCUT2D eigenvalue weighted by Crippen LogP contribution is 2.77. The normalized spacial score (nSPS) is 15.4. The van der Waals surface area contributed by atoms with Gasteiger partial charge in [0.25, 0.3) is 0 Å². The van der Waals surface area contributed by atoms with Gasteiger partial charge in [-0.15, -0.1) is 0 Å². The molecule has 0 unspecified atom stereocenters. The molecule has 0 spiro atoms. The van der Waals surface area contributed by atoms with E-state index in [1.54, 1.807) is 48.5 Å². The Morgan fingerprint density at radius 1 is 0.333 bits per heavy atom. The molecule has 48 heavy (non-hydrogen) atoms. The van der Waals surface area contributed by atoms with Crippen LogP contribution in [0.4, 0.5) is 0 Å². The highest BCUT2D eigenvalue weighted by molar-refractivity contribution is 7.90. The van der Waals surface area contributed by atoms with Crippen LogP contribution >= 0.6 is 22.5 Å². The molecule has 9 nitrogen and oxygen atoms in total. The smallest absolute Gasteiger partial charge is 0.455 e. The van der Waals surface area contributed by atoms with E-state index < -0.39 is 22.5 Å². The second-order valence-corrected chi connectivity index (χ2v) is 17.6. The Morgan fingerprint density at radius 2 is 0.625 bits per heavy atom. The summed E-state index contributed by atoms with van der Waals surface area (Å²) in [4.78, 5) is 0. The van der Waals surface area contributed by atoms with E-state index in [2.05, 4.69) is 0 Å². The number of rotatable bonds is 10. The van der Waals surface area contributed by atoms with Gasteiger partial charge in [0, 0.05) is 10.6 Å². The van der Waals surface area contributed by atoms with Crippen LogP contribution in [-0.4, -0.2) is 10.2 Å². The number of benzene rings is 6. The molecule has 1 aliphatic rings. The average Bonchev–Trinajstić information content (AvgIpc) is 3.10. The molecule has 6 aromatic carbocycles. The third-order valence-electron chi connectivity index (χ3n) is 7.00. The van der Waals surface area contributed by atoms with E-state index in [1.165, 1.54) is 0 Å². The maximum absolute atomic E-state index is 10.3. The van der Waals surface area contributed by atoms with Crippen molar-refractivity contribution in [1.29, 1.82) is 0 Å². The van der Waals surface area contributed by atoms with E-state index in [0.717, 1.165) is 0 Å². The molecular formula is C36H30N3O6P3. The molecule has 0 saturated heterocycles. The molecule has 12 heteroatoms. The zero-order chi connectivity index (χ0) is 32.9. The van der Waals surface area contributed by atoms with Crippen LogP contribution in [-0.2, 0) is 0 Å². The minimum atomic E-state index is -3.83. The molecule has 7 rings (SSSR count). The maximum atomic E-state index is 10.3. The molecular weight excluding hydrogens is 663 g/mol. The predicted molar refractivity (Wildman–Crippen MR) is 192 cm³/mol. The summed E-state index contributed by atoms with van der Waals surface area (Å²) >= 11 is 0. The zero-order valence-corrected chi connectivity index (χ0v) is 28.1. The van der Waals surface area contributed by atoms with E-state index >= 15 is 0 Å². The third kappa shape index (κ3) is 6.90. The molecule has 1 heterocycles. The van der Waals surface area contributed by atoms with Crippen molar-refractivity contribution in [1.82, 2.24) is 0 Å². The van der Waals surface area contributed by atoms with Gasteiger partial charge in [0.1, 0.15) is 34.5 Å². The standard InChI is InChI=1S/C36H30N3O6P3/c40-29-21-25-35(26-22-29)46(36-27-23-30(41)24-28-36)37-47(42-31-13-5-1-6-14-31,43-32-15-7-2-8-16-32)39-48(38-46,44-33-17-9-3-10-18-33)45-34-19-11-4-12-20-34/h1-28,40-41H. The van der Waals surface area contributed by atoms with Gasteiger partial charge in [0.15, 0.2) is 7.21 Å². The average molecular weight is 694 g/mol.